The van der Waals surface area contributed by atoms with Crippen molar-refractivity contribution in [2.75, 3.05) is 26.2 Å². The first-order chi connectivity index (χ1) is 12.4. The van der Waals surface area contributed by atoms with Crippen molar-refractivity contribution >= 4 is 10.0 Å². The van der Waals surface area contributed by atoms with E-state index < -0.39 is 10.0 Å². The van der Waals surface area contributed by atoms with Crippen molar-refractivity contribution in [1.82, 2.24) is 9.21 Å². The predicted molar refractivity (Wildman–Crippen MR) is 101 cm³/mol. The minimum Gasteiger partial charge on any atom is -0.465 e. The zero-order valence-electron chi connectivity index (χ0n) is 15.2. The third kappa shape index (κ3) is 3.72. The Balaban J connectivity index is 1.38. The van der Waals surface area contributed by atoms with Crippen LogP contribution < -0.4 is 0 Å². The van der Waals surface area contributed by atoms with E-state index in [0.717, 1.165) is 49.6 Å². The third-order valence-corrected chi connectivity index (χ3v) is 7.48. The van der Waals surface area contributed by atoms with E-state index in [9.17, 15) is 8.42 Å². The summed E-state index contributed by atoms with van der Waals surface area (Å²) in [6, 6.07) is 13.5. The molecule has 2 aliphatic rings. The summed E-state index contributed by atoms with van der Waals surface area (Å²) in [4.78, 5) is 2.39. The quantitative estimate of drug-likeness (QED) is 0.807. The fourth-order valence-corrected chi connectivity index (χ4v) is 5.93. The summed E-state index contributed by atoms with van der Waals surface area (Å²) in [7, 11) is -3.25. The maximum Gasteiger partial charge on any atom is 0.218 e. The average molecular weight is 375 g/mol. The normalized spacial score (nSPS) is 24.7. The molecule has 5 nitrogen and oxygen atoms in total. The lowest BCUT2D eigenvalue weighted by Gasteiger charge is -2.24. The number of furan rings is 1. The van der Waals surface area contributed by atoms with Gasteiger partial charge >= 0.3 is 0 Å². The Hall–Kier alpha value is -1.63. The van der Waals surface area contributed by atoms with E-state index in [1.165, 1.54) is 0 Å². The molecule has 0 unspecified atom stereocenters. The van der Waals surface area contributed by atoms with E-state index in [1.807, 2.05) is 49.4 Å². The molecule has 2 aliphatic heterocycles. The van der Waals surface area contributed by atoms with Crippen LogP contribution in [-0.2, 0) is 22.3 Å². The highest BCUT2D eigenvalue weighted by Gasteiger charge is 2.46. The van der Waals surface area contributed by atoms with Gasteiger partial charge in [0.15, 0.2) is 0 Å². The number of aryl methyl sites for hydroxylation is 1. The number of nitrogens with zero attached hydrogens (tertiary/aromatic N) is 2. The first-order valence-electron chi connectivity index (χ1n) is 9.24. The van der Waals surface area contributed by atoms with Crippen molar-refractivity contribution in [2.45, 2.75) is 32.1 Å². The Morgan fingerprint density at radius 3 is 2.54 bits per heavy atom. The van der Waals surface area contributed by atoms with Gasteiger partial charge in [0.2, 0.25) is 10.0 Å². The lowest BCUT2D eigenvalue weighted by atomic mass is 9.87. The lowest BCUT2D eigenvalue weighted by molar-refractivity contribution is 0.244. The van der Waals surface area contributed by atoms with Gasteiger partial charge in [-0.05, 0) is 49.4 Å². The van der Waals surface area contributed by atoms with E-state index in [0.29, 0.717) is 13.1 Å². The van der Waals surface area contributed by atoms with Gasteiger partial charge in [0.05, 0.1) is 12.3 Å². The van der Waals surface area contributed by atoms with Crippen LogP contribution in [0.5, 0.6) is 0 Å². The van der Waals surface area contributed by atoms with Crippen LogP contribution >= 0.6 is 0 Å². The summed E-state index contributed by atoms with van der Waals surface area (Å²) in [5.41, 5.74) is 0.959. The third-order valence-electron chi connectivity index (χ3n) is 5.68. The van der Waals surface area contributed by atoms with E-state index in [2.05, 4.69) is 4.90 Å². The number of rotatable bonds is 5. The van der Waals surface area contributed by atoms with Crippen molar-refractivity contribution in [3.63, 3.8) is 0 Å². The molecule has 2 fully saturated rings. The predicted octanol–water partition coefficient (Wildman–Crippen LogP) is 3.02. The summed E-state index contributed by atoms with van der Waals surface area (Å²) in [6.45, 7) is 6.02. The smallest absolute Gasteiger partial charge is 0.218 e. The minimum atomic E-state index is -3.25. The molecule has 2 saturated heterocycles. The van der Waals surface area contributed by atoms with Gasteiger partial charge in [0.25, 0.3) is 0 Å². The first kappa shape index (κ1) is 17.8. The lowest BCUT2D eigenvalue weighted by Crippen LogP contribution is -2.34. The van der Waals surface area contributed by atoms with E-state index in [4.69, 9.17) is 4.42 Å². The monoisotopic (exact) mass is 374 g/mol. The molecule has 140 valence electrons. The average Bonchev–Trinajstić information content (AvgIpc) is 3.31. The van der Waals surface area contributed by atoms with Gasteiger partial charge in [-0.25, -0.2) is 12.7 Å². The fraction of sp³-hybridized carbons (Fsp3) is 0.500. The Kier molecular flexibility index (Phi) is 4.67. The van der Waals surface area contributed by atoms with E-state index >= 15 is 0 Å². The minimum absolute atomic E-state index is 0.0965. The van der Waals surface area contributed by atoms with Crippen molar-refractivity contribution in [3.8, 4) is 0 Å². The van der Waals surface area contributed by atoms with E-state index in [-0.39, 0.29) is 11.2 Å². The molecule has 26 heavy (non-hydrogen) atoms. The van der Waals surface area contributed by atoms with Crippen LogP contribution in [-0.4, -0.2) is 43.8 Å². The standard InChI is InChI=1S/C20H26N2O3S/c1-17-7-8-19(25-17)13-21-11-9-20(15-21)10-12-22(16-20)26(23,24)14-18-5-3-2-4-6-18/h2-8H,9-16H2,1H3/t20-/m1/s1. The summed E-state index contributed by atoms with van der Waals surface area (Å²) in [5.74, 6) is 2.03. The molecule has 1 aromatic carbocycles. The van der Waals surface area contributed by atoms with Crippen molar-refractivity contribution < 1.29 is 12.8 Å². The van der Waals surface area contributed by atoms with Gasteiger partial charge in [0, 0.05) is 19.6 Å². The number of hydrogen-bond acceptors (Lipinski definition) is 4. The largest absolute Gasteiger partial charge is 0.465 e. The van der Waals surface area contributed by atoms with Crippen LogP contribution in [0.1, 0.15) is 29.9 Å². The first-order valence-corrected chi connectivity index (χ1v) is 10.8. The van der Waals surface area contributed by atoms with Crippen LogP contribution in [0.15, 0.2) is 46.9 Å². The second kappa shape index (κ2) is 6.83. The molecule has 4 rings (SSSR count). The van der Waals surface area contributed by atoms with Crippen LogP contribution in [0.4, 0.5) is 0 Å². The number of sulfonamides is 1. The molecule has 6 heteroatoms. The molecule has 0 aliphatic carbocycles. The molecule has 0 amide bonds. The fourth-order valence-electron chi connectivity index (χ4n) is 4.29. The van der Waals surface area contributed by atoms with Crippen LogP contribution in [0.2, 0.25) is 0 Å². The molecule has 2 aromatic rings. The van der Waals surface area contributed by atoms with Crippen LogP contribution in [0.25, 0.3) is 0 Å². The highest BCUT2D eigenvalue weighted by atomic mass is 32.2. The number of benzene rings is 1. The highest BCUT2D eigenvalue weighted by Crippen LogP contribution is 2.41. The molecule has 0 N–H and O–H groups in total. The molecule has 0 bridgehead atoms. The second-order valence-electron chi connectivity index (χ2n) is 7.80. The highest BCUT2D eigenvalue weighted by molar-refractivity contribution is 7.88. The van der Waals surface area contributed by atoms with Crippen molar-refractivity contribution in [1.29, 1.82) is 0 Å². The molecule has 3 heterocycles. The molecular weight excluding hydrogens is 348 g/mol. The van der Waals surface area contributed by atoms with Gasteiger partial charge < -0.3 is 4.42 Å². The topological polar surface area (TPSA) is 53.8 Å². The Morgan fingerprint density at radius 2 is 1.81 bits per heavy atom. The van der Waals surface area contributed by atoms with Crippen molar-refractivity contribution in [2.24, 2.45) is 5.41 Å². The summed E-state index contributed by atoms with van der Waals surface area (Å²) < 4.78 is 33.0. The summed E-state index contributed by atoms with van der Waals surface area (Å²) in [6.07, 6.45) is 2.01. The molecule has 0 radical (unpaired) electrons. The zero-order valence-corrected chi connectivity index (χ0v) is 16.0. The second-order valence-corrected chi connectivity index (χ2v) is 9.77. The van der Waals surface area contributed by atoms with Gasteiger partial charge in [-0.3, -0.25) is 4.90 Å². The SMILES string of the molecule is Cc1ccc(CN2CC[C@@]3(CCN(S(=O)(=O)Cc4ccccc4)C3)C2)o1. The Bertz CT molecular complexity index is 862. The van der Waals surface area contributed by atoms with E-state index in [1.54, 1.807) is 4.31 Å². The summed E-state index contributed by atoms with van der Waals surface area (Å²) in [5, 5.41) is 0. The van der Waals surface area contributed by atoms with Crippen LogP contribution in [0.3, 0.4) is 0 Å². The molecular formula is C20H26N2O3S. The molecule has 0 saturated carbocycles. The molecule has 1 atom stereocenters. The van der Waals surface area contributed by atoms with Gasteiger partial charge in [0.1, 0.15) is 11.5 Å². The van der Waals surface area contributed by atoms with Gasteiger partial charge in [-0.2, -0.15) is 0 Å². The van der Waals surface area contributed by atoms with Gasteiger partial charge in [-0.15, -0.1) is 0 Å². The van der Waals surface area contributed by atoms with Crippen LogP contribution in [0, 0.1) is 12.3 Å². The Labute approximate surface area is 155 Å². The maximum absolute atomic E-state index is 12.8. The van der Waals surface area contributed by atoms with Crippen molar-refractivity contribution in [3.05, 3.63) is 59.5 Å². The number of likely N-dealkylation sites (tertiary alicyclic amines) is 1. The molecule has 1 aromatic heterocycles. The van der Waals surface area contributed by atoms with Gasteiger partial charge in [-0.1, -0.05) is 30.3 Å². The number of hydrogen-bond donors (Lipinski definition) is 0. The summed E-state index contributed by atoms with van der Waals surface area (Å²) >= 11 is 0. The maximum atomic E-state index is 12.8. The Morgan fingerprint density at radius 1 is 1.04 bits per heavy atom. The molecule has 1 spiro atoms. The zero-order chi connectivity index (χ0) is 18.2.